The largest absolute Gasteiger partial charge is 0.493 e. The van der Waals surface area contributed by atoms with Crippen LogP contribution in [0.15, 0.2) is 41.3 Å². The number of carbonyl (C=O) groups is 1. The molecule has 0 N–H and O–H groups in total. The first-order chi connectivity index (χ1) is 14.8. The third-order valence-electron chi connectivity index (χ3n) is 4.99. The molecule has 1 amide bonds. The van der Waals surface area contributed by atoms with Crippen LogP contribution in [0.4, 0.5) is 0 Å². The molecule has 0 bridgehead atoms. The Labute approximate surface area is 187 Å². The Morgan fingerprint density at radius 1 is 1.10 bits per heavy atom. The summed E-state index contributed by atoms with van der Waals surface area (Å²) >= 11 is 6.25. The van der Waals surface area contributed by atoms with E-state index in [0.717, 1.165) is 5.56 Å². The summed E-state index contributed by atoms with van der Waals surface area (Å²) in [4.78, 5) is 14.6. The fourth-order valence-corrected chi connectivity index (χ4v) is 4.93. The van der Waals surface area contributed by atoms with Crippen molar-refractivity contribution in [3.05, 3.63) is 52.5 Å². The van der Waals surface area contributed by atoms with Gasteiger partial charge in [0, 0.05) is 26.7 Å². The van der Waals surface area contributed by atoms with E-state index in [-0.39, 0.29) is 41.0 Å². The first-order valence-corrected chi connectivity index (χ1v) is 11.4. The fraction of sp³-hybridized carbons (Fsp3) is 0.381. The summed E-state index contributed by atoms with van der Waals surface area (Å²) in [6.07, 6.45) is 0. The molecule has 0 aliphatic carbocycles. The first kappa shape index (κ1) is 23.3. The number of morpholine rings is 1. The molecule has 168 valence electrons. The number of amides is 1. The Kier molecular flexibility index (Phi) is 7.42. The van der Waals surface area contributed by atoms with Crippen LogP contribution in [0.1, 0.15) is 15.9 Å². The minimum atomic E-state index is -3.74. The molecule has 10 heteroatoms. The van der Waals surface area contributed by atoms with Crippen molar-refractivity contribution in [2.45, 2.75) is 11.4 Å². The zero-order chi connectivity index (χ0) is 22.6. The predicted molar refractivity (Wildman–Crippen MR) is 116 cm³/mol. The Balaban J connectivity index is 1.83. The Morgan fingerprint density at radius 3 is 2.42 bits per heavy atom. The van der Waals surface area contributed by atoms with E-state index in [1.807, 2.05) is 6.07 Å². The second kappa shape index (κ2) is 9.86. The minimum absolute atomic E-state index is 0.0293. The summed E-state index contributed by atoms with van der Waals surface area (Å²) in [6.45, 7) is 1.50. The van der Waals surface area contributed by atoms with E-state index >= 15 is 0 Å². The molecule has 2 aromatic carbocycles. The zero-order valence-electron chi connectivity index (χ0n) is 17.6. The van der Waals surface area contributed by atoms with Gasteiger partial charge in [0.05, 0.1) is 42.9 Å². The van der Waals surface area contributed by atoms with E-state index in [0.29, 0.717) is 24.7 Å². The second-order valence-electron chi connectivity index (χ2n) is 7.01. The number of sulfonamides is 1. The molecule has 1 heterocycles. The molecule has 0 radical (unpaired) electrons. The molecule has 3 rings (SSSR count). The van der Waals surface area contributed by atoms with Gasteiger partial charge < -0.3 is 19.1 Å². The van der Waals surface area contributed by atoms with E-state index < -0.39 is 10.0 Å². The van der Waals surface area contributed by atoms with Crippen molar-refractivity contribution in [1.29, 1.82) is 0 Å². The first-order valence-electron chi connectivity index (χ1n) is 9.61. The smallest absolute Gasteiger partial charge is 0.255 e. The van der Waals surface area contributed by atoms with Gasteiger partial charge in [-0.3, -0.25) is 4.79 Å². The van der Waals surface area contributed by atoms with Gasteiger partial charge in [0.15, 0.2) is 11.5 Å². The van der Waals surface area contributed by atoms with E-state index in [4.69, 9.17) is 25.8 Å². The van der Waals surface area contributed by atoms with Crippen LogP contribution in [0, 0.1) is 0 Å². The minimum Gasteiger partial charge on any atom is -0.493 e. The van der Waals surface area contributed by atoms with Gasteiger partial charge in [0.25, 0.3) is 5.91 Å². The van der Waals surface area contributed by atoms with Gasteiger partial charge in [0.2, 0.25) is 10.0 Å². The average molecular weight is 469 g/mol. The number of nitrogens with zero attached hydrogens (tertiary/aromatic N) is 2. The van der Waals surface area contributed by atoms with Gasteiger partial charge in [-0.1, -0.05) is 17.7 Å². The highest BCUT2D eigenvalue weighted by molar-refractivity contribution is 7.89. The SMILES string of the molecule is COc1ccc(CN(C)C(=O)c2cc(S(=O)(=O)N3CCOCC3)ccc2Cl)cc1OC. The Morgan fingerprint density at radius 2 is 1.77 bits per heavy atom. The normalized spacial score (nSPS) is 14.8. The summed E-state index contributed by atoms with van der Waals surface area (Å²) in [6, 6.07) is 9.55. The zero-order valence-corrected chi connectivity index (χ0v) is 19.2. The lowest BCUT2D eigenvalue weighted by Crippen LogP contribution is -2.40. The number of hydrogen-bond donors (Lipinski definition) is 0. The quantitative estimate of drug-likeness (QED) is 0.621. The van der Waals surface area contributed by atoms with Crippen LogP contribution in [0.3, 0.4) is 0 Å². The molecular weight excluding hydrogens is 444 g/mol. The maximum Gasteiger partial charge on any atom is 0.255 e. The van der Waals surface area contributed by atoms with E-state index in [9.17, 15) is 13.2 Å². The highest BCUT2D eigenvalue weighted by Crippen LogP contribution is 2.29. The molecule has 1 fully saturated rings. The molecular formula is C21H25ClN2O6S. The van der Waals surface area contributed by atoms with E-state index in [1.165, 1.54) is 34.5 Å². The van der Waals surface area contributed by atoms with Crippen LogP contribution in [-0.2, 0) is 21.3 Å². The fourth-order valence-electron chi connectivity index (χ4n) is 3.30. The molecule has 0 spiro atoms. The summed E-state index contributed by atoms with van der Waals surface area (Å²) in [5.41, 5.74) is 0.945. The van der Waals surface area contributed by atoms with Crippen LogP contribution in [0.25, 0.3) is 0 Å². The predicted octanol–water partition coefficient (Wildman–Crippen LogP) is 2.65. The third kappa shape index (κ3) is 5.12. The van der Waals surface area contributed by atoms with Crippen molar-refractivity contribution >= 4 is 27.5 Å². The Hall–Kier alpha value is -2.33. The molecule has 1 saturated heterocycles. The van der Waals surface area contributed by atoms with E-state index in [2.05, 4.69) is 0 Å². The van der Waals surface area contributed by atoms with Gasteiger partial charge >= 0.3 is 0 Å². The lowest BCUT2D eigenvalue weighted by Gasteiger charge is -2.26. The van der Waals surface area contributed by atoms with E-state index in [1.54, 1.807) is 26.3 Å². The van der Waals surface area contributed by atoms with Crippen LogP contribution < -0.4 is 9.47 Å². The monoisotopic (exact) mass is 468 g/mol. The van der Waals surface area contributed by atoms with Crippen LogP contribution in [-0.4, -0.2) is 71.1 Å². The molecule has 1 aliphatic rings. The third-order valence-corrected chi connectivity index (χ3v) is 7.21. The molecule has 31 heavy (non-hydrogen) atoms. The van der Waals surface area contributed by atoms with Crippen molar-refractivity contribution in [3.8, 4) is 11.5 Å². The molecule has 0 aromatic heterocycles. The highest BCUT2D eigenvalue weighted by atomic mass is 35.5. The van der Waals surface area contributed by atoms with Crippen molar-refractivity contribution in [2.24, 2.45) is 0 Å². The molecule has 1 aliphatic heterocycles. The number of rotatable bonds is 7. The average Bonchev–Trinajstić information content (AvgIpc) is 2.79. The van der Waals surface area contributed by atoms with Crippen molar-refractivity contribution in [1.82, 2.24) is 9.21 Å². The summed E-state index contributed by atoms with van der Waals surface area (Å²) in [5, 5.41) is 0.185. The maximum absolute atomic E-state index is 13.1. The topological polar surface area (TPSA) is 85.4 Å². The van der Waals surface area contributed by atoms with Gasteiger partial charge in [-0.15, -0.1) is 0 Å². The molecule has 0 saturated carbocycles. The van der Waals surface area contributed by atoms with Crippen LogP contribution in [0.5, 0.6) is 11.5 Å². The molecule has 0 unspecified atom stereocenters. The van der Waals surface area contributed by atoms with Crippen LogP contribution in [0.2, 0.25) is 5.02 Å². The number of benzene rings is 2. The standard InChI is InChI=1S/C21H25ClN2O6S/c1-23(14-15-4-7-19(28-2)20(12-15)29-3)21(25)17-13-16(5-6-18(17)22)31(26,27)24-8-10-30-11-9-24/h4-7,12-13H,8-11,14H2,1-3H3. The van der Waals surface area contributed by atoms with Gasteiger partial charge in [0.1, 0.15) is 0 Å². The van der Waals surface area contributed by atoms with Crippen molar-refractivity contribution in [3.63, 3.8) is 0 Å². The highest BCUT2D eigenvalue weighted by Gasteiger charge is 2.28. The molecule has 8 nitrogen and oxygen atoms in total. The lowest BCUT2D eigenvalue weighted by molar-refractivity contribution is 0.0730. The number of ether oxygens (including phenoxy) is 3. The maximum atomic E-state index is 13.1. The van der Waals surface area contributed by atoms with Gasteiger partial charge in [-0.05, 0) is 35.9 Å². The number of hydrogen-bond acceptors (Lipinski definition) is 6. The van der Waals surface area contributed by atoms with Crippen LogP contribution >= 0.6 is 11.6 Å². The summed E-state index contributed by atoms with van der Waals surface area (Å²) < 4.78 is 43.0. The summed E-state index contributed by atoms with van der Waals surface area (Å²) in [7, 11) is 0.968. The van der Waals surface area contributed by atoms with Crippen molar-refractivity contribution < 1.29 is 27.4 Å². The number of halogens is 1. The van der Waals surface area contributed by atoms with Gasteiger partial charge in [-0.25, -0.2) is 8.42 Å². The summed E-state index contributed by atoms with van der Waals surface area (Å²) in [5.74, 6) is 0.751. The second-order valence-corrected chi connectivity index (χ2v) is 9.35. The number of carbonyl (C=O) groups excluding carboxylic acids is 1. The van der Waals surface area contributed by atoms with Crippen molar-refractivity contribution in [2.75, 3.05) is 47.6 Å². The molecule has 0 atom stereocenters. The number of methoxy groups -OCH3 is 2. The Bertz CT molecular complexity index is 1050. The van der Waals surface area contributed by atoms with Gasteiger partial charge in [-0.2, -0.15) is 4.31 Å². The lowest BCUT2D eigenvalue weighted by atomic mass is 10.1. The molecule has 2 aromatic rings.